The van der Waals surface area contributed by atoms with Crippen LogP contribution in [0.5, 0.6) is 0 Å². The van der Waals surface area contributed by atoms with Crippen molar-refractivity contribution in [2.24, 2.45) is 0 Å². The Balaban J connectivity index is 2.17. The third-order valence-electron chi connectivity index (χ3n) is 5.62. The number of nitrogens with zero attached hydrogens (tertiary/aromatic N) is 1. The van der Waals surface area contributed by atoms with Crippen LogP contribution in [0, 0.1) is 0 Å². The molecule has 0 aliphatic rings. The number of hydrogen-bond acceptors (Lipinski definition) is 0. The maximum Gasteiger partial charge on any atom is 0.0668 e. The van der Waals surface area contributed by atoms with Gasteiger partial charge in [0.2, 0.25) is 0 Å². The van der Waals surface area contributed by atoms with E-state index >= 15 is 0 Å². The van der Waals surface area contributed by atoms with Gasteiger partial charge in [0.15, 0.2) is 0 Å². The Hall–Kier alpha value is -1.81. The standard InChI is InChI=1S/C26H28IN/c1-25(2,3)18-12-13-23-21(14-18)22-16-19(26(4,5)6)15-20(24(22)28(23)27)17-10-8-7-9-11-17/h7-16H,1-6H3. The minimum atomic E-state index is 0.0963. The summed E-state index contributed by atoms with van der Waals surface area (Å²) in [5.74, 6) is 0. The SMILES string of the molecule is CC(C)(C)c1ccc2c(c1)c1cc(C(C)(C)C)cc(-c3ccccc3)c1n2I. The minimum absolute atomic E-state index is 0.0963. The van der Waals surface area contributed by atoms with Gasteiger partial charge >= 0.3 is 0 Å². The lowest BCUT2D eigenvalue weighted by molar-refractivity contribution is 0.590. The van der Waals surface area contributed by atoms with E-state index in [2.05, 4.69) is 128 Å². The van der Waals surface area contributed by atoms with Gasteiger partial charge in [-0.3, -0.25) is 2.78 Å². The van der Waals surface area contributed by atoms with Crippen molar-refractivity contribution in [2.75, 3.05) is 0 Å². The van der Waals surface area contributed by atoms with E-state index in [1.54, 1.807) is 0 Å². The Morgan fingerprint density at radius 2 is 1.29 bits per heavy atom. The van der Waals surface area contributed by atoms with Crippen LogP contribution in [0.15, 0.2) is 60.7 Å². The zero-order valence-electron chi connectivity index (χ0n) is 17.6. The van der Waals surface area contributed by atoms with Crippen molar-refractivity contribution in [2.45, 2.75) is 52.4 Å². The maximum absolute atomic E-state index is 2.47. The Labute approximate surface area is 182 Å². The first kappa shape index (κ1) is 19.5. The van der Waals surface area contributed by atoms with Crippen molar-refractivity contribution < 1.29 is 0 Å². The van der Waals surface area contributed by atoms with E-state index in [0.29, 0.717) is 0 Å². The quantitative estimate of drug-likeness (QED) is 0.241. The summed E-state index contributed by atoms with van der Waals surface area (Å²) < 4.78 is 2.34. The predicted molar refractivity (Wildman–Crippen MR) is 132 cm³/mol. The Bertz CT molecular complexity index is 1170. The van der Waals surface area contributed by atoms with E-state index in [0.717, 1.165) is 0 Å². The van der Waals surface area contributed by atoms with Gasteiger partial charge < -0.3 is 0 Å². The van der Waals surface area contributed by atoms with Crippen LogP contribution in [-0.4, -0.2) is 2.78 Å². The summed E-state index contributed by atoms with van der Waals surface area (Å²) in [6.07, 6.45) is 0. The van der Waals surface area contributed by atoms with Crippen LogP contribution >= 0.6 is 22.9 Å². The van der Waals surface area contributed by atoms with Crippen LogP contribution in [-0.2, 0) is 10.8 Å². The zero-order valence-corrected chi connectivity index (χ0v) is 19.8. The molecule has 1 nitrogen and oxygen atoms in total. The third kappa shape index (κ3) is 3.26. The lowest BCUT2D eigenvalue weighted by Gasteiger charge is -2.21. The van der Waals surface area contributed by atoms with Crippen molar-refractivity contribution in [1.82, 2.24) is 2.78 Å². The average Bonchev–Trinajstić information content (AvgIpc) is 2.93. The molecule has 0 fully saturated rings. The lowest BCUT2D eigenvalue weighted by atomic mass is 9.83. The number of fused-ring (bicyclic) bond motifs is 3. The predicted octanol–water partition coefficient (Wildman–Crippen LogP) is 8.25. The highest BCUT2D eigenvalue weighted by atomic mass is 127. The van der Waals surface area contributed by atoms with Crippen LogP contribution < -0.4 is 0 Å². The molecule has 144 valence electrons. The zero-order chi connectivity index (χ0) is 20.3. The highest BCUT2D eigenvalue weighted by Gasteiger charge is 2.22. The summed E-state index contributed by atoms with van der Waals surface area (Å²) >= 11 is 2.47. The van der Waals surface area contributed by atoms with Crippen LogP contribution in [0.25, 0.3) is 32.9 Å². The number of hydrogen-bond donors (Lipinski definition) is 0. The highest BCUT2D eigenvalue weighted by molar-refractivity contribution is 14.1. The fourth-order valence-corrected chi connectivity index (χ4v) is 4.77. The monoisotopic (exact) mass is 481 g/mol. The van der Waals surface area contributed by atoms with Gasteiger partial charge in [-0.25, -0.2) is 0 Å². The molecule has 0 amide bonds. The largest absolute Gasteiger partial charge is 0.281 e. The van der Waals surface area contributed by atoms with Crippen molar-refractivity contribution >= 4 is 44.7 Å². The molecule has 0 atom stereocenters. The first-order chi connectivity index (χ1) is 13.1. The van der Waals surface area contributed by atoms with Crippen LogP contribution in [0.2, 0.25) is 0 Å². The van der Waals surface area contributed by atoms with Crippen molar-refractivity contribution in [1.29, 1.82) is 0 Å². The Morgan fingerprint density at radius 3 is 1.89 bits per heavy atom. The molecule has 0 N–H and O–H groups in total. The normalized spacial score (nSPS) is 12.8. The number of aromatic nitrogens is 1. The first-order valence-corrected chi connectivity index (χ1v) is 10.9. The summed E-state index contributed by atoms with van der Waals surface area (Å²) in [5, 5.41) is 2.70. The fraction of sp³-hybridized carbons (Fsp3) is 0.308. The van der Waals surface area contributed by atoms with Gasteiger partial charge in [-0.15, -0.1) is 0 Å². The number of halogens is 1. The molecule has 1 aromatic heterocycles. The molecule has 4 rings (SSSR count). The van der Waals surface area contributed by atoms with Crippen molar-refractivity contribution in [3.05, 3.63) is 71.8 Å². The smallest absolute Gasteiger partial charge is 0.0668 e. The summed E-state index contributed by atoms with van der Waals surface area (Å²) in [6, 6.07) is 22.5. The number of rotatable bonds is 1. The van der Waals surface area contributed by atoms with Crippen molar-refractivity contribution in [3.8, 4) is 11.1 Å². The topological polar surface area (TPSA) is 4.93 Å². The first-order valence-electron chi connectivity index (χ1n) is 9.92. The molecule has 4 aromatic rings. The second kappa shape index (κ2) is 6.62. The fourth-order valence-electron chi connectivity index (χ4n) is 3.83. The van der Waals surface area contributed by atoms with E-state index in [9.17, 15) is 0 Å². The Kier molecular flexibility index (Phi) is 4.61. The Morgan fingerprint density at radius 1 is 0.679 bits per heavy atom. The molecule has 0 aliphatic carbocycles. The molecule has 0 saturated heterocycles. The molecule has 28 heavy (non-hydrogen) atoms. The molecule has 0 bridgehead atoms. The van der Waals surface area contributed by atoms with E-state index in [1.807, 2.05) is 0 Å². The van der Waals surface area contributed by atoms with E-state index < -0.39 is 0 Å². The second-order valence-electron chi connectivity index (χ2n) is 9.80. The van der Waals surface area contributed by atoms with E-state index in [-0.39, 0.29) is 10.8 Å². The van der Waals surface area contributed by atoms with E-state index in [1.165, 1.54) is 44.1 Å². The molecule has 1 heterocycles. The molecular formula is C26H28IN. The summed E-state index contributed by atoms with van der Waals surface area (Å²) in [5.41, 5.74) is 8.17. The van der Waals surface area contributed by atoms with Crippen LogP contribution in [0.1, 0.15) is 52.7 Å². The van der Waals surface area contributed by atoms with Gasteiger partial charge in [-0.2, -0.15) is 0 Å². The average molecular weight is 481 g/mol. The molecule has 0 radical (unpaired) electrons. The van der Waals surface area contributed by atoms with Gasteiger partial charge in [0, 0.05) is 16.3 Å². The molecule has 0 aliphatic heterocycles. The minimum Gasteiger partial charge on any atom is -0.281 e. The highest BCUT2D eigenvalue weighted by Crippen LogP contribution is 2.41. The third-order valence-corrected chi connectivity index (χ3v) is 6.62. The van der Waals surface area contributed by atoms with Crippen LogP contribution in [0.4, 0.5) is 0 Å². The van der Waals surface area contributed by atoms with Gasteiger partial charge in [0.25, 0.3) is 0 Å². The molecule has 2 heteroatoms. The summed E-state index contributed by atoms with van der Waals surface area (Å²) in [4.78, 5) is 0. The molecule has 3 aromatic carbocycles. The van der Waals surface area contributed by atoms with Gasteiger partial charge in [0.05, 0.1) is 33.9 Å². The van der Waals surface area contributed by atoms with Gasteiger partial charge in [-0.1, -0.05) is 77.9 Å². The molecular weight excluding hydrogens is 453 g/mol. The van der Waals surface area contributed by atoms with Gasteiger partial charge in [0.1, 0.15) is 0 Å². The summed E-state index contributed by atoms with van der Waals surface area (Å²) in [6.45, 7) is 13.8. The van der Waals surface area contributed by atoms with Crippen molar-refractivity contribution in [3.63, 3.8) is 0 Å². The lowest BCUT2D eigenvalue weighted by Crippen LogP contribution is -2.11. The number of benzene rings is 3. The molecule has 0 unspecified atom stereocenters. The molecule has 0 spiro atoms. The van der Waals surface area contributed by atoms with E-state index in [4.69, 9.17) is 0 Å². The second-order valence-corrected chi connectivity index (χ2v) is 10.8. The summed E-state index contributed by atoms with van der Waals surface area (Å²) in [7, 11) is 0. The molecule has 0 saturated carbocycles. The van der Waals surface area contributed by atoms with Gasteiger partial charge in [-0.05, 0) is 51.8 Å². The maximum atomic E-state index is 2.47. The van der Waals surface area contributed by atoms with Crippen LogP contribution in [0.3, 0.4) is 0 Å².